The average molecular weight is 482 g/mol. The smallest absolute Gasteiger partial charge is 0.417 e. The second-order valence-corrected chi connectivity index (χ2v) is 7.58. The lowest BCUT2D eigenvalue weighted by Gasteiger charge is -2.41. The van der Waals surface area contributed by atoms with Crippen molar-refractivity contribution in [3.63, 3.8) is 0 Å². The van der Waals surface area contributed by atoms with Gasteiger partial charge >= 0.3 is 12.2 Å². The Balaban J connectivity index is 1.80. The molecule has 1 atom stereocenters. The van der Waals surface area contributed by atoms with Crippen LogP contribution >= 0.6 is 11.6 Å². The summed E-state index contributed by atoms with van der Waals surface area (Å²) in [6.45, 7) is 0.0454. The van der Waals surface area contributed by atoms with E-state index in [0.29, 0.717) is 11.4 Å². The standard InChI is InChI=1S/C21H19ClF3N5O3/c1-33-18-5-3-13(8-16(18)22)28-20(32)30-7-6-29(11-17(30)19(27)31)14-4-2-12(10-26)15(9-14)21(23,24)25/h2-5,8-9,17H,6-7,11H2,1H3,(H2,27,31)(H,28,32). The van der Waals surface area contributed by atoms with E-state index in [1.807, 2.05) is 0 Å². The fraction of sp³-hybridized carbons (Fsp3) is 0.286. The van der Waals surface area contributed by atoms with Gasteiger partial charge < -0.3 is 25.6 Å². The largest absolute Gasteiger partial charge is 0.495 e. The quantitative estimate of drug-likeness (QED) is 0.694. The first-order valence-electron chi connectivity index (χ1n) is 9.62. The third-order valence-electron chi connectivity index (χ3n) is 5.17. The van der Waals surface area contributed by atoms with E-state index in [9.17, 15) is 22.8 Å². The number of methoxy groups -OCH3 is 1. The minimum atomic E-state index is -4.72. The Morgan fingerprint density at radius 1 is 1.24 bits per heavy atom. The van der Waals surface area contributed by atoms with Gasteiger partial charge in [0.15, 0.2) is 0 Å². The predicted octanol–water partition coefficient (Wildman–Crippen LogP) is 3.45. The number of nitrogens with zero attached hydrogens (tertiary/aromatic N) is 3. The van der Waals surface area contributed by atoms with Crippen LogP contribution in [0.1, 0.15) is 11.1 Å². The van der Waals surface area contributed by atoms with Crippen LogP contribution < -0.4 is 20.7 Å². The first-order valence-corrected chi connectivity index (χ1v) is 9.99. The molecule has 1 heterocycles. The molecule has 1 aliphatic heterocycles. The van der Waals surface area contributed by atoms with E-state index in [4.69, 9.17) is 27.3 Å². The van der Waals surface area contributed by atoms with E-state index in [2.05, 4.69) is 5.32 Å². The number of primary amides is 1. The highest BCUT2D eigenvalue weighted by Gasteiger charge is 2.37. The molecule has 3 N–H and O–H groups in total. The minimum absolute atomic E-state index is 0.0185. The zero-order valence-electron chi connectivity index (χ0n) is 17.3. The summed E-state index contributed by atoms with van der Waals surface area (Å²) in [6.07, 6.45) is -4.72. The number of hydrogen-bond donors (Lipinski definition) is 2. The maximum Gasteiger partial charge on any atom is 0.417 e. The molecule has 0 bridgehead atoms. The molecule has 3 amide bonds. The summed E-state index contributed by atoms with van der Waals surface area (Å²) >= 11 is 6.06. The molecule has 0 aromatic heterocycles. The molecule has 2 aromatic rings. The number of carbonyl (C=O) groups excluding carboxylic acids is 2. The van der Waals surface area contributed by atoms with E-state index >= 15 is 0 Å². The number of nitrogens with one attached hydrogen (secondary N) is 1. The van der Waals surface area contributed by atoms with Crippen molar-refractivity contribution >= 4 is 34.9 Å². The lowest BCUT2D eigenvalue weighted by Crippen LogP contribution is -2.60. The minimum Gasteiger partial charge on any atom is -0.495 e. The number of halogens is 4. The summed E-state index contributed by atoms with van der Waals surface area (Å²) in [5.41, 5.74) is 4.43. The summed E-state index contributed by atoms with van der Waals surface area (Å²) in [6, 6.07) is 7.70. The van der Waals surface area contributed by atoms with Gasteiger partial charge in [-0.2, -0.15) is 18.4 Å². The van der Waals surface area contributed by atoms with Crippen LogP contribution in [0.4, 0.5) is 29.3 Å². The van der Waals surface area contributed by atoms with Crippen LogP contribution in [0.2, 0.25) is 5.02 Å². The molecule has 174 valence electrons. The third-order valence-corrected chi connectivity index (χ3v) is 5.46. The summed E-state index contributed by atoms with van der Waals surface area (Å²) in [7, 11) is 1.45. The van der Waals surface area contributed by atoms with Crippen LogP contribution in [0.15, 0.2) is 36.4 Å². The Morgan fingerprint density at radius 3 is 2.55 bits per heavy atom. The van der Waals surface area contributed by atoms with Crippen molar-refractivity contribution in [3.05, 3.63) is 52.5 Å². The van der Waals surface area contributed by atoms with Gasteiger partial charge in [0.1, 0.15) is 11.8 Å². The van der Waals surface area contributed by atoms with Crippen LogP contribution in [-0.4, -0.2) is 49.6 Å². The monoisotopic (exact) mass is 481 g/mol. The van der Waals surface area contributed by atoms with Gasteiger partial charge in [-0.3, -0.25) is 4.79 Å². The molecule has 8 nitrogen and oxygen atoms in total. The number of nitrogens with two attached hydrogens (primary N) is 1. The van der Waals surface area contributed by atoms with Gasteiger partial charge in [0, 0.05) is 31.0 Å². The lowest BCUT2D eigenvalue weighted by molar-refractivity contribution is -0.137. The molecule has 0 saturated carbocycles. The molecule has 0 aliphatic carbocycles. The third kappa shape index (κ3) is 5.23. The maximum atomic E-state index is 13.3. The summed E-state index contributed by atoms with van der Waals surface area (Å²) in [5, 5.41) is 11.9. The zero-order chi connectivity index (χ0) is 24.3. The zero-order valence-corrected chi connectivity index (χ0v) is 18.1. The van der Waals surface area contributed by atoms with Gasteiger partial charge in [0.05, 0.1) is 29.3 Å². The van der Waals surface area contributed by atoms with Gasteiger partial charge in [-0.25, -0.2) is 4.79 Å². The van der Waals surface area contributed by atoms with Crippen molar-refractivity contribution in [2.24, 2.45) is 5.73 Å². The second-order valence-electron chi connectivity index (χ2n) is 7.18. The van der Waals surface area contributed by atoms with Gasteiger partial charge in [-0.05, 0) is 36.4 Å². The summed E-state index contributed by atoms with van der Waals surface area (Å²) in [5.74, 6) is -0.397. The van der Waals surface area contributed by atoms with Crippen LogP contribution in [0, 0.1) is 11.3 Å². The van der Waals surface area contributed by atoms with Crippen LogP contribution in [0.25, 0.3) is 0 Å². The average Bonchev–Trinajstić information content (AvgIpc) is 2.77. The maximum absolute atomic E-state index is 13.3. The number of urea groups is 1. The Morgan fingerprint density at radius 2 is 1.97 bits per heavy atom. The number of piperazine rings is 1. The molecule has 12 heteroatoms. The number of alkyl halides is 3. The molecular weight excluding hydrogens is 463 g/mol. The topological polar surface area (TPSA) is 112 Å². The molecule has 0 radical (unpaired) electrons. The van der Waals surface area contributed by atoms with Crippen LogP contribution in [-0.2, 0) is 11.0 Å². The number of benzene rings is 2. The molecule has 1 unspecified atom stereocenters. The molecule has 33 heavy (non-hydrogen) atoms. The van der Waals surface area contributed by atoms with E-state index in [1.165, 1.54) is 35.1 Å². The molecule has 2 aromatic carbocycles. The summed E-state index contributed by atoms with van der Waals surface area (Å²) in [4.78, 5) is 27.6. The molecule has 1 saturated heterocycles. The molecular formula is C21H19ClF3N5O3. The molecule has 1 aliphatic rings. The van der Waals surface area contributed by atoms with Crippen molar-refractivity contribution in [2.75, 3.05) is 37.0 Å². The fourth-order valence-corrected chi connectivity index (χ4v) is 3.76. The van der Waals surface area contributed by atoms with E-state index in [1.54, 1.807) is 12.1 Å². The first kappa shape index (κ1) is 24.0. The molecule has 3 rings (SSSR count). The van der Waals surface area contributed by atoms with Crippen molar-refractivity contribution in [1.82, 2.24) is 4.90 Å². The van der Waals surface area contributed by atoms with Crippen molar-refractivity contribution in [1.29, 1.82) is 5.26 Å². The number of amides is 3. The van der Waals surface area contributed by atoms with E-state index < -0.39 is 35.3 Å². The van der Waals surface area contributed by atoms with Crippen molar-refractivity contribution in [2.45, 2.75) is 12.2 Å². The number of carbonyl (C=O) groups is 2. The Bertz CT molecular complexity index is 1120. The van der Waals surface area contributed by atoms with Gasteiger partial charge in [0.25, 0.3) is 0 Å². The van der Waals surface area contributed by atoms with Crippen molar-refractivity contribution < 1.29 is 27.5 Å². The van der Waals surface area contributed by atoms with E-state index in [-0.39, 0.29) is 30.3 Å². The highest BCUT2D eigenvalue weighted by molar-refractivity contribution is 6.32. The predicted molar refractivity (Wildman–Crippen MR) is 115 cm³/mol. The normalized spacial score (nSPS) is 16.2. The van der Waals surface area contributed by atoms with Crippen molar-refractivity contribution in [3.8, 4) is 11.8 Å². The lowest BCUT2D eigenvalue weighted by atomic mass is 10.0. The summed E-state index contributed by atoms with van der Waals surface area (Å²) < 4.78 is 45.0. The Hall–Kier alpha value is -3.65. The molecule has 1 fully saturated rings. The fourth-order valence-electron chi connectivity index (χ4n) is 3.50. The van der Waals surface area contributed by atoms with Crippen LogP contribution in [0.3, 0.4) is 0 Å². The Kier molecular flexibility index (Phi) is 6.88. The highest BCUT2D eigenvalue weighted by atomic mass is 35.5. The van der Waals surface area contributed by atoms with E-state index in [0.717, 1.165) is 12.1 Å². The number of anilines is 2. The number of nitriles is 1. The highest BCUT2D eigenvalue weighted by Crippen LogP contribution is 2.35. The number of rotatable bonds is 4. The SMILES string of the molecule is COc1ccc(NC(=O)N2CCN(c3ccc(C#N)c(C(F)(F)F)c3)CC2C(N)=O)cc1Cl. The van der Waals surface area contributed by atoms with Crippen LogP contribution in [0.5, 0.6) is 5.75 Å². The number of ether oxygens (including phenoxy) is 1. The number of hydrogen-bond acceptors (Lipinski definition) is 5. The first-order chi connectivity index (χ1) is 15.5. The van der Waals surface area contributed by atoms with Gasteiger partial charge in [-0.1, -0.05) is 11.6 Å². The van der Waals surface area contributed by atoms with Gasteiger partial charge in [0.2, 0.25) is 5.91 Å². The second kappa shape index (κ2) is 9.46. The Labute approximate surface area is 192 Å². The van der Waals surface area contributed by atoms with Gasteiger partial charge in [-0.15, -0.1) is 0 Å². The molecule has 0 spiro atoms.